The first-order valence-corrected chi connectivity index (χ1v) is 9.90. The normalized spacial score (nSPS) is 16.3. The number of benzene rings is 1. The summed E-state index contributed by atoms with van der Waals surface area (Å²) in [7, 11) is 1.97. The quantitative estimate of drug-likeness (QED) is 0.751. The molecule has 1 aliphatic heterocycles. The monoisotopic (exact) mass is 370 g/mol. The lowest BCUT2D eigenvalue weighted by Crippen LogP contribution is -2.41. The van der Waals surface area contributed by atoms with Crippen molar-refractivity contribution in [3.05, 3.63) is 42.0 Å². The highest BCUT2D eigenvalue weighted by Gasteiger charge is 2.24. The Morgan fingerprint density at radius 1 is 1.30 bits per heavy atom. The SMILES string of the molecule is CCC(C)c1ccccc1OCC(=O)N1CCC(Cc2nncn2C)CC1. The molecule has 1 aliphatic rings. The summed E-state index contributed by atoms with van der Waals surface area (Å²) in [6.07, 6.45) is 5.72. The smallest absolute Gasteiger partial charge is 0.260 e. The Morgan fingerprint density at radius 2 is 2.04 bits per heavy atom. The Morgan fingerprint density at radius 3 is 2.70 bits per heavy atom. The van der Waals surface area contributed by atoms with E-state index in [4.69, 9.17) is 4.74 Å². The average Bonchev–Trinajstić information content (AvgIpc) is 3.10. The van der Waals surface area contributed by atoms with Crippen molar-refractivity contribution in [1.82, 2.24) is 19.7 Å². The van der Waals surface area contributed by atoms with Crippen molar-refractivity contribution in [2.45, 2.75) is 45.4 Å². The van der Waals surface area contributed by atoms with Gasteiger partial charge in [-0.15, -0.1) is 10.2 Å². The van der Waals surface area contributed by atoms with Gasteiger partial charge in [0, 0.05) is 26.6 Å². The zero-order valence-electron chi connectivity index (χ0n) is 16.6. The highest BCUT2D eigenvalue weighted by atomic mass is 16.5. The van der Waals surface area contributed by atoms with E-state index in [9.17, 15) is 4.79 Å². The molecule has 1 unspecified atom stereocenters. The fourth-order valence-electron chi connectivity index (χ4n) is 3.61. The maximum absolute atomic E-state index is 12.6. The first-order chi connectivity index (χ1) is 13.1. The van der Waals surface area contributed by atoms with Gasteiger partial charge in [0.1, 0.15) is 17.9 Å². The van der Waals surface area contributed by atoms with Gasteiger partial charge < -0.3 is 14.2 Å². The molecule has 1 amide bonds. The van der Waals surface area contributed by atoms with Crippen LogP contribution >= 0.6 is 0 Å². The number of likely N-dealkylation sites (tertiary alicyclic amines) is 1. The Labute approximate surface area is 161 Å². The number of ether oxygens (including phenoxy) is 1. The van der Waals surface area contributed by atoms with E-state index in [0.717, 1.165) is 50.3 Å². The lowest BCUT2D eigenvalue weighted by atomic mass is 9.93. The van der Waals surface area contributed by atoms with Crippen LogP contribution in [-0.2, 0) is 18.3 Å². The third kappa shape index (κ3) is 4.87. The number of piperidine rings is 1. The summed E-state index contributed by atoms with van der Waals surface area (Å²) in [6.45, 7) is 6.04. The van der Waals surface area contributed by atoms with E-state index in [1.807, 2.05) is 34.7 Å². The minimum Gasteiger partial charge on any atom is -0.483 e. The van der Waals surface area contributed by atoms with Crippen molar-refractivity contribution >= 4 is 5.91 Å². The van der Waals surface area contributed by atoms with Gasteiger partial charge in [0.2, 0.25) is 0 Å². The molecule has 0 spiro atoms. The Kier molecular flexibility index (Phi) is 6.48. The molecule has 1 aromatic carbocycles. The van der Waals surface area contributed by atoms with E-state index in [0.29, 0.717) is 11.8 Å². The largest absolute Gasteiger partial charge is 0.483 e. The van der Waals surface area contributed by atoms with Crippen LogP contribution < -0.4 is 4.74 Å². The number of nitrogens with zero attached hydrogens (tertiary/aromatic N) is 4. The van der Waals surface area contributed by atoms with Crippen LogP contribution in [0.4, 0.5) is 0 Å². The maximum Gasteiger partial charge on any atom is 0.260 e. The molecule has 0 saturated carbocycles. The molecule has 6 nitrogen and oxygen atoms in total. The second-order valence-corrected chi connectivity index (χ2v) is 7.52. The van der Waals surface area contributed by atoms with Gasteiger partial charge in [-0.1, -0.05) is 32.0 Å². The first-order valence-electron chi connectivity index (χ1n) is 9.90. The third-order valence-corrected chi connectivity index (χ3v) is 5.66. The van der Waals surface area contributed by atoms with E-state index in [-0.39, 0.29) is 12.5 Å². The van der Waals surface area contributed by atoms with Crippen molar-refractivity contribution in [2.75, 3.05) is 19.7 Å². The zero-order valence-corrected chi connectivity index (χ0v) is 16.6. The summed E-state index contributed by atoms with van der Waals surface area (Å²) >= 11 is 0. The molecule has 0 bridgehead atoms. The van der Waals surface area contributed by atoms with Crippen molar-refractivity contribution in [2.24, 2.45) is 13.0 Å². The van der Waals surface area contributed by atoms with Gasteiger partial charge in [-0.25, -0.2) is 0 Å². The van der Waals surface area contributed by atoms with E-state index in [1.165, 1.54) is 5.56 Å². The summed E-state index contributed by atoms with van der Waals surface area (Å²) in [5.41, 5.74) is 1.18. The zero-order chi connectivity index (χ0) is 19.2. The molecule has 1 saturated heterocycles. The van der Waals surface area contributed by atoms with Crippen LogP contribution in [-0.4, -0.2) is 45.3 Å². The fourth-order valence-corrected chi connectivity index (χ4v) is 3.61. The molecular weight excluding hydrogens is 340 g/mol. The van der Waals surface area contributed by atoms with E-state index >= 15 is 0 Å². The Hall–Kier alpha value is -2.37. The van der Waals surface area contributed by atoms with Crippen molar-refractivity contribution in [3.8, 4) is 5.75 Å². The van der Waals surface area contributed by atoms with Crippen LogP contribution in [0.1, 0.15) is 50.4 Å². The lowest BCUT2D eigenvalue weighted by molar-refractivity contribution is -0.134. The van der Waals surface area contributed by atoms with Gasteiger partial charge in [0.25, 0.3) is 5.91 Å². The van der Waals surface area contributed by atoms with Gasteiger partial charge in [0.05, 0.1) is 0 Å². The molecular formula is C21H30N4O2. The summed E-state index contributed by atoms with van der Waals surface area (Å²) in [6, 6.07) is 8.04. The molecule has 0 radical (unpaired) electrons. The van der Waals surface area contributed by atoms with Crippen LogP contribution in [0.25, 0.3) is 0 Å². The number of hydrogen-bond donors (Lipinski definition) is 0. The molecule has 146 valence electrons. The topological polar surface area (TPSA) is 60.2 Å². The average molecular weight is 370 g/mol. The number of aryl methyl sites for hydroxylation is 1. The number of aromatic nitrogens is 3. The molecule has 1 fully saturated rings. The molecule has 6 heteroatoms. The highest BCUT2D eigenvalue weighted by Crippen LogP contribution is 2.28. The summed E-state index contributed by atoms with van der Waals surface area (Å²) < 4.78 is 7.86. The summed E-state index contributed by atoms with van der Waals surface area (Å²) in [4.78, 5) is 14.5. The maximum atomic E-state index is 12.6. The van der Waals surface area contributed by atoms with Gasteiger partial charge in [0.15, 0.2) is 6.61 Å². The van der Waals surface area contributed by atoms with Gasteiger partial charge in [-0.3, -0.25) is 4.79 Å². The Bertz CT molecular complexity index is 750. The minimum absolute atomic E-state index is 0.0751. The molecule has 1 aromatic heterocycles. The molecule has 0 N–H and O–H groups in total. The number of rotatable bonds is 7. The number of hydrogen-bond acceptors (Lipinski definition) is 4. The van der Waals surface area contributed by atoms with E-state index in [2.05, 4.69) is 30.1 Å². The molecule has 2 heterocycles. The number of carbonyl (C=O) groups excluding carboxylic acids is 1. The van der Waals surface area contributed by atoms with Gasteiger partial charge in [-0.05, 0) is 42.7 Å². The molecule has 1 atom stereocenters. The number of carbonyl (C=O) groups is 1. The number of amides is 1. The van der Waals surface area contributed by atoms with Crippen LogP contribution in [0.2, 0.25) is 0 Å². The summed E-state index contributed by atoms with van der Waals surface area (Å²) in [5, 5.41) is 8.11. The standard InChI is InChI=1S/C21H30N4O2/c1-4-16(2)18-7-5-6-8-19(18)27-14-21(26)25-11-9-17(10-12-25)13-20-23-22-15-24(20)3/h5-8,15-17H,4,9-14H2,1-3H3. The fraction of sp³-hybridized carbons (Fsp3) is 0.571. The van der Waals surface area contributed by atoms with Crippen LogP contribution in [0, 0.1) is 5.92 Å². The molecule has 0 aliphatic carbocycles. The minimum atomic E-state index is 0.0751. The molecule has 27 heavy (non-hydrogen) atoms. The van der Waals surface area contributed by atoms with Gasteiger partial charge >= 0.3 is 0 Å². The number of para-hydroxylation sites is 1. The lowest BCUT2D eigenvalue weighted by Gasteiger charge is -2.31. The molecule has 2 aromatic rings. The van der Waals surface area contributed by atoms with Crippen LogP contribution in [0.3, 0.4) is 0 Å². The first kappa shape index (κ1) is 19.4. The van der Waals surface area contributed by atoms with E-state index in [1.54, 1.807) is 6.33 Å². The van der Waals surface area contributed by atoms with Crippen LogP contribution in [0.15, 0.2) is 30.6 Å². The highest BCUT2D eigenvalue weighted by molar-refractivity contribution is 5.77. The summed E-state index contributed by atoms with van der Waals surface area (Å²) in [5.74, 6) is 2.91. The third-order valence-electron chi connectivity index (χ3n) is 5.66. The van der Waals surface area contributed by atoms with E-state index < -0.39 is 0 Å². The van der Waals surface area contributed by atoms with Crippen LogP contribution in [0.5, 0.6) is 5.75 Å². The second-order valence-electron chi connectivity index (χ2n) is 7.52. The predicted octanol–water partition coefficient (Wildman–Crippen LogP) is 3.19. The molecule has 3 rings (SSSR count). The predicted molar refractivity (Wildman–Crippen MR) is 105 cm³/mol. The Balaban J connectivity index is 1.48. The van der Waals surface area contributed by atoms with Gasteiger partial charge in [-0.2, -0.15) is 0 Å². The van der Waals surface area contributed by atoms with Crippen molar-refractivity contribution in [1.29, 1.82) is 0 Å². The van der Waals surface area contributed by atoms with Crippen molar-refractivity contribution in [3.63, 3.8) is 0 Å². The van der Waals surface area contributed by atoms with Crippen molar-refractivity contribution < 1.29 is 9.53 Å². The second kappa shape index (κ2) is 9.02.